The van der Waals surface area contributed by atoms with Crippen molar-refractivity contribution >= 4 is 15.8 Å². The molecule has 0 heterocycles. The molecule has 2 rings (SSSR count). The number of methoxy groups -OCH3 is 1. The summed E-state index contributed by atoms with van der Waals surface area (Å²) in [6.45, 7) is 1.98. The van der Waals surface area contributed by atoms with E-state index in [1.54, 1.807) is 6.07 Å². The fourth-order valence-electron chi connectivity index (χ4n) is 3.44. The van der Waals surface area contributed by atoms with Crippen molar-refractivity contribution in [1.29, 1.82) is 0 Å². The quantitative estimate of drug-likeness (QED) is 0.778. The van der Waals surface area contributed by atoms with Crippen LogP contribution >= 0.6 is 0 Å². The molecule has 0 aliphatic heterocycles. The van der Waals surface area contributed by atoms with Crippen LogP contribution in [0.5, 0.6) is 0 Å². The molecule has 1 fully saturated rings. The van der Waals surface area contributed by atoms with E-state index in [2.05, 4.69) is 0 Å². The van der Waals surface area contributed by atoms with Crippen LogP contribution < -0.4 is 0 Å². The van der Waals surface area contributed by atoms with Crippen LogP contribution in [0.1, 0.15) is 66.4 Å². The second-order valence-corrected chi connectivity index (χ2v) is 7.96. The molecule has 1 aromatic carbocycles. The SMILES string of the molecule is CCCc1c(C(=O)OC)ccc(C2CCCC2)c1S(C)(=O)=O. The minimum Gasteiger partial charge on any atom is -0.465 e. The van der Waals surface area contributed by atoms with Gasteiger partial charge in [-0.25, -0.2) is 13.2 Å². The van der Waals surface area contributed by atoms with Gasteiger partial charge in [0.25, 0.3) is 0 Å². The van der Waals surface area contributed by atoms with E-state index in [9.17, 15) is 13.2 Å². The van der Waals surface area contributed by atoms with Gasteiger partial charge in [-0.05, 0) is 42.4 Å². The fraction of sp³-hybridized carbons (Fsp3) is 0.588. The van der Waals surface area contributed by atoms with Gasteiger partial charge in [0, 0.05) is 6.26 Å². The molecule has 0 atom stereocenters. The van der Waals surface area contributed by atoms with Crippen LogP contribution in [0.15, 0.2) is 17.0 Å². The topological polar surface area (TPSA) is 60.4 Å². The number of hydrogen-bond donors (Lipinski definition) is 0. The predicted octanol–water partition coefficient (Wildman–Crippen LogP) is 3.49. The zero-order valence-corrected chi connectivity index (χ0v) is 14.3. The third kappa shape index (κ3) is 3.35. The Morgan fingerprint density at radius 2 is 1.91 bits per heavy atom. The lowest BCUT2D eigenvalue weighted by molar-refractivity contribution is 0.0599. The third-order valence-electron chi connectivity index (χ3n) is 4.36. The summed E-state index contributed by atoms with van der Waals surface area (Å²) in [5, 5.41) is 0. The average Bonchev–Trinajstić information content (AvgIpc) is 2.99. The Morgan fingerprint density at radius 3 is 2.41 bits per heavy atom. The van der Waals surface area contributed by atoms with E-state index in [-0.39, 0.29) is 5.92 Å². The molecular formula is C17H24O4S. The maximum absolute atomic E-state index is 12.4. The number of hydrogen-bond acceptors (Lipinski definition) is 4. The van der Waals surface area contributed by atoms with Crippen LogP contribution in [-0.2, 0) is 21.0 Å². The van der Waals surface area contributed by atoms with E-state index in [1.165, 1.54) is 13.4 Å². The summed E-state index contributed by atoms with van der Waals surface area (Å²) < 4.78 is 29.7. The number of benzene rings is 1. The average molecular weight is 324 g/mol. The van der Waals surface area contributed by atoms with Crippen LogP contribution in [0.3, 0.4) is 0 Å². The molecule has 0 radical (unpaired) electrons. The molecule has 0 amide bonds. The molecule has 1 aliphatic carbocycles. The van der Waals surface area contributed by atoms with Crippen molar-refractivity contribution < 1.29 is 17.9 Å². The Balaban J connectivity index is 2.71. The molecule has 1 aromatic rings. The predicted molar refractivity (Wildman–Crippen MR) is 86.1 cm³/mol. The molecule has 0 bridgehead atoms. The summed E-state index contributed by atoms with van der Waals surface area (Å²) in [6.07, 6.45) is 6.89. The number of sulfone groups is 1. The van der Waals surface area contributed by atoms with E-state index in [0.717, 1.165) is 37.7 Å². The summed E-state index contributed by atoms with van der Waals surface area (Å²) in [6, 6.07) is 3.55. The van der Waals surface area contributed by atoms with Gasteiger partial charge in [0.2, 0.25) is 0 Å². The minimum atomic E-state index is -3.40. The Morgan fingerprint density at radius 1 is 1.27 bits per heavy atom. The maximum atomic E-state index is 12.4. The lowest BCUT2D eigenvalue weighted by Crippen LogP contribution is -2.15. The van der Waals surface area contributed by atoms with E-state index in [0.29, 0.717) is 22.4 Å². The monoisotopic (exact) mass is 324 g/mol. The molecule has 5 heteroatoms. The fourth-order valence-corrected chi connectivity index (χ4v) is 4.76. The first-order valence-corrected chi connectivity index (χ1v) is 9.73. The first-order valence-electron chi connectivity index (χ1n) is 7.84. The van der Waals surface area contributed by atoms with Crippen molar-refractivity contribution in [2.24, 2.45) is 0 Å². The number of ether oxygens (including phenoxy) is 1. The molecule has 0 aromatic heterocycles. The summed E-state index contributed by atoms with van der Waals surface area (Å²) in [5.74, 6) is -0.182. The highest BCUT2D eigenvalue weighted by Crippen LogP contribution is 2.39. The molecule has 1 aliphatic rings. The Kier molecular flexibility index (Phi) is 5.27. The van der Waals surface area contributed by atoms with E-state index < -0.39 is 15.8 Å². The second kappa shape index (κ2) is 6.82. The highest BCUT2D eigenvalue weighted by Gasteiger charge is 2.29. The standard InChI is InChI=1S/C17H24O4S/c1-4-7-14-15(17(18)21-2)11-10-13(12-8-5-6-9-12)16(14)22(3,19)20/h10-12H,4-9H2,1-3H3. The number of esters is 1. The highest BCUT2D eigenvalue weighted by molar-refractivity contribution is 7.90. The number of carbonyl (C=O) groups excluding carboxylic acids is 1. The van der Waals surface area contributed by atoms with Gasteiger partial charge in [0.05, 0.1) is 17.6 Å². The van der Waals surface area contributed by atoms with Crippen molar-refractivity contribution in [2.45, 2.75) is 56.3 Å². The number of carbonyl (C=O) groups is 1. The lowest BCUT2D eigenvalue weighted by atomic mass is 9.92. The normalized spacial score (nSPS) is 16.0. The lowest BCUT2D eigenvalue weighted by Gasteiger charge is -2.20. The van der Waals surface area contributed by atoms with Gasteiger partial charge in [-0.1, -0.05) is 32.3 Å². The van der Waals surface area contributed by atoms with Crippen LogP contribution in [0.2, 0.25) is 0 Å². The van der Waals surface area contributed by atoms with Crippen LogP contribution in [0, 0.1) is 0 Å². The van der Waals surface area contributed by atoms with Crippen LogP contribution in [0.4, 0.5) is 0 Å². The maximum Gasteiger partial charge on any atom is 0.338 e. The molecule has 1 saturated carbocycles. The number of rotatable bonds is 5. The largest absolute Gasteiger partial charge is 0.465 e. The molecule has 4 nitrogen and oxygen atoms in total. The van der Waals surface area contributed by atoms with Gasteiger partial charge in [-0.2, -0.15) is 0 Å². The van der Waals surface area contributed by atoms with E-state index >= 15 is 0 Å². The molecule has 22 heavy (non-hydrogen) atoms. The summed E-state index contributed by atoms with van der Waals surface area (Å²) in [5.41, 5.74) is 1.89. The third-order valence-corrected chi connectivity index (χ3v) is 5.59. The van der Waals surface area contributed by atoms with Gasteiger partial charge >= 0.3 is 5.97 Å². The van der Waals surface area contributed by atoms with Gasteiger partial charge in [-0.15, -0.1) is 0 Å². The Hall–Kier alpha value is -1.36. The highest BCUT2D eigenvalue weighted by atomic mass is 32.2. The molecular weight excluding hydrogens is 300 g/mol. The van der Waals surface area contributed by atoms with Crippen LogP contribution in [-0.4, -0.2) is 27.8 Å². The Bertz CT molecular complexity index is 655. The van der Waals surface area contributed by atoms with Gasteiger partial charge in [0.15, 0.2) is 9.84 Å². The zero-order chi connectivity index (χ0) is 16.3. The van der Waals surface area contributed by atoms with Crippen molar-refractivity contribution in [3.8, 4) is 0 Å². The Labute approximate surface area is 132 Å². The summed E-state index contributed by atoms with van der Waals surface area (Å²) in [4.78, 5) is 12.4. The minimum absolute atomic E-state index is 0.284. The van der Waals surface area contributed by atoms with Crippen molar-refractivity contribution in [1.82, 2.24) is 0 Å². The smallest absolute Gasteiger partial charge is 0.338 e. The van der Waals surface area contributed by atoms with Gasteiger partial charge < -0.3 is 4.74 Å². The summed E-state index contributed by atoms with van der Waals surface area (Å²) >= 11 is 0. The molecule has 122 valence electrons. The van der Waals surface area contributed by atoms with Gasteiger partial charge in [0.1, 0.15) is 0 Å². The van der Waals surface area contributed by atoms with E-state index in [1.807, 2.05) is 13.0 Å². The van der Waals surface area contributed by atoms with Gasteiger partial charge in [-0.3, -0.25) is 0 Å². The molecule has 0 N–H and O–H groups in total. The second-order valence-electron chi connectivity index (χ2n) is 6.01. The molecule has 0 spiro atoms. The molecule has 0 unspecified atom stereocenters. The van der Waals surface area contributed by atoms with Crippen molar-refractivity contribution in [3.63, 3.8) is 0 Å². The van der Waals surface area contributed by atoms with E-state index in [4.69, 9.17) is 4.74 Å². The first kappa shape index (κ1) is 17.0. The van der Waals surface area contributed by atoms with Crippen LogP contribution in [0.25, 0.3) is 0 Å². The molecule has 0 saturated heterocycles. The first-order chi connectivity index (χ1) is 10.4. The van der Waals surface area contributed by atoms with Crippen molar-refractivity contribution in [3.05, 3.63) is 28.8 Å². The zero-order valence-electron chi connectivity index (χ0n) is 13.5. The van der Waals surface area contributed by atoms with Crippen molar-refractivity contribution in [2.75, 3.05) is 13.4 Å². The summed E-state index contributed by atoms with van der Waals surface area (Å²) in [7, 11) is -2.07.